The summed E-state index contributed by atoms with van der Waals surface area (Å²) in [5, 5.41) is 16.3. The van der Waals surface area contributed by atoms with Crippen molar-refractivity contribution < 1.29 is 35.8 Å². The molecule has 0 aliphatic rings. The molecule has 0 saturated heterocycles. The molecular formula is C25H21F7N6O3. The average Bonchev–Trinajstić information content (AvgIpc) is 2.89. The zero-order valence-corrected chi connectivity index (χ0v) is 21.0. The van der Waals surface area contributed by atoms with Crippen LogP contribution in [-0.4, -0.2) is 48.7 Å². The van der Waals surface area contributed by atoms with Crippen LogP contribution in [0.2, 0.25) is 0 Å². The highest BCUT2D eigenvalue weighted by Gasteiger charge is 2.37. The molecule has 4 aromatic rings. The Bertz CT molecular complexity index is 1670. The van der Waals surface area contributed by atoms with Gasteiger partial charge in [0.1, 0.15) is 24.2 Å². The van der Waals surface area contributed by atoms with Gasteiger partial charge < -0.3 is 15.0 Å². The number of anilines is 1. The summed E-state index contributed by atoms with van der Waals surface area (Å²) in [6, 6.07) is 2.58. The van der Waals surface area contributed by atoms with Gasteiger partial charge >= 0.3 is 6.18 Å². The third kappa shape index (κ3) is 6.37. The molecule has 0 spiro atoms. The molecule has 3 aromatic heterocycles. The number of aromatic amines is 1. The number of aliphatic hydroxyl groups excluding tert-OH is 1. The highest BCUT2D eigenvalue weighted by Crippen LogP contribution is 2.32. The first kappa shape index (κ1) is 29.6. The van der Waals surface area contributed by atoms with E-state index in [1.807, 2.05) is 0 Å². The minimum atomic E-state index is -4.98. The lowest BCUT2D eigenvalue weighted by molar-refractivity contribution is -0.138. The van der Waals surface area contributed by atoms with Gasteiger partial charge in [-0.3, -0.25) is 9.59 Å². The molecule has 9 nitrogen and oxygen atoms in total. The average molecular weight is 586 g/mol. The Morgan fingerprint density at radius 3 is 2.41 bits per heavy atom. The maximum atomic E-state index is 14.9. The van der Waals surface area contributed by atoms with E-state index in [-0.39, 0.29) is 28.6 Å². The molecule has 0 saturated carbocycles. The third-order valence-corrected chi connectivity index (χ3v) is 6.12. The van der Waals surface area contributed by atoms with Crippen LogP contribution < -0.4 is 16.4 Å². The zero-order chi connectivity index (χ0) is 30.1. The van der Waals surface area contributed by atoms with Crippen LogP contribution >= 0.6 is 0 Å². The van der Waals surface area contributed by atoms with Crippen LogP contribution in [0.25, 0.3) is 22.2 Å². The van der Waals surface area contributed by atoms with Gasteiger partial charge in [0.25, 0.3) is 17.0 Å². The first-order chi connectivity index (χ1) is 19.2. The van der Waals surface area contributed by atoms with Gasteiger partial charge in [0, 0.05) is 31.1 Å². The van der Waals surface area contributed by atoms with Crippen molar-refractivity contribution in [3.05, 3.63) is 80.6 Å². The molecule has 0 fully saturated rings. The van der Waals surface area contributed by atoms with E-state index < -0.39 is 71.2 Å². The van der Waals surface area contributed by atoms with Gasteiger partial charge in [0.2, 0.25) is 0 Å². The normalized spacial score (nSPS) is 13.8. The molecule has 41 heavy (non-hydrogen) atoms. The van der Waals surface area contributed by atoms with Crippen LogP contribution in [0, 0.1) is 5.82 Å². The Balaban J connectivity index is 1.51. The van der Waals surface area contributed by atoms with Crippen molar-refractivity contribution in [2.75, 3.05) is 11.9 Å². The van der Waals surface area contributed by atoms with Gasteiger partial charge in [-0.2, -0.15) is 27.1 Å². The molecule has 0 aliphatic heterocycles. The molecular weight excluding hydrogens is 565 g/mol. The number of fused-ring (bicyclic) bond motifs is 1. The predicted molar refractivity (Wildman–Crippen MR) is 133 cm³/mol. The molecule has 16 heteroatoms. The Labute approximate surface area is 225 Å². The number of hydrogen-bond donors (Lipinski definition) is 3. The number of nitrogens with one attached hydrogen (secondary N) is 2. The molecule has 0 bridgehead atoms. The van der Waals surface area contributed by atoms with Crippen LogP contribution in [0.3, 0.4) is 0 Å². The summed E-state index contributed by atoms with van der Waals surface area (Å²) in [7, 11) is 0. The van der Waals surface area contributed by atoms with E-state index >= 15 is 0 Å². The summed E-state index contributed by atoms with van der Waals surface area (Å²) in [5.41, 5.74) is -5.22. The fourth-order valence-electron chi connectivity index (χ4n) is 4.15. The van der Waals surface area contributed by atoms with Crippen LogP contribution in [-0.2, 0) is 18.6 Å². The molecule has 0 amide bonds. The summed E-state index contributed by atoms with van der Waals surface area (Å²) in [6.07, 6.45) is -3.58. The molecule has 0 radical (unpaired) electrons. The van der Waals surface area contributed by atoms with Crippen molar-refractivity contribution in [2.24, 2.45) is 0 Å². The lowest BCUT2D eigenvalue weighted by Crippen LogP contribution is -2.30. The molecule has 2 atom stereocenters. The Morgan fingerprint density at radius 1 is 1.10 bits per heavy atom. The lowest BCUT2D eigenvalue weighted by Gasteiger charge is -2.20. The summed E-state index contributed by atoms with van der Waals surface area (Å²) in [4.78, 5) is 32.0. The van der Waals surface area contributed by atoms with E-state index in [1.54, 1.807) is 5.10 Å². The lowest BCUT2D eigenvalue weighted by atomic mass is 10.1. The summed E-state index contributed by atoms with van der Waals surface area (Å²) < 4.78 is 97.6. The number of alkyl halides is 6. The second-order valence-corrected chi connectivity index (χ2v) is 9.21. The number of halogens is 7. The SMILES string of the molecule is C[C@H](C[C@@H](F)Cn1ccc2cc(-c3ncc(C(F)(F)CO)cn3)c(F)cc2c1=O)Nc1cn[nH]c(=O)c1C(F)(F)F. The number of H-pyrrole nitrogens is 1. The third-order valence-electron chi connectivity index (χ3n) is 6.12. The molecule has 1 aromatic carbocycles. The van der Waals surface area contributed by atoms with Gasteiger partial charge in [0.05, 0.1) is 34.9 Å². The van der Waals surface area contributed by atoms with E-state index in [1.165, 1.54) is 25.3 Å². The number of nitrogens with zero attached hydrogens (tertiary/aromatic N) is 4. The summed E-state index contributed by atoms with van der Waals surface area (Å²) in [6.45, 7) is -0.590. The molecule has 0 aliphatic carbocycles. The van der Waals surface area contributed by atoms with Gasteiger partial charge in [-0.05, 0) is 30.5 Å². The van der Waals surface area contributed by atoms with Crippen molar-refractivity contribution in [1.82, 2.24) is 24.7 Å². The Morgan fingerprint density at radius 2 is 1.78 bits per heavy atom. The highest BCUT2D eigenvalue weighted by molar-refractivity contribution is 5.86. The Kier molecular flexibility index (Phi) is 8.15. The first-order valence-electron chi connectivity index (χ1n) is 11.9. The van der Waals surface area contributed by atoms with Gasteiger partial charge in [0.15, 0.2) is 5.82 Å². The van der Waals surface area contributed by atoms with Crippen molar-refractivity contribution >= 4 is 16.5 Å². The fourth-order valence-corrected chi connectivity index (χ4v) is 4.15. The van der Waals surface area contributed by atoms with Crippen molar-refractivity contribution in [1.29, 1.82) is 0 Å². The van der Waals surface area contributed by atoms with Crippen molar-refractivity contribution in [2.45, 2.75) is 44.2 Å². The number of aromatic nitrogens is 5. The topological polar surface area (TPSA) is 126 Å². The van der Waals surface area contributed by atoms with Gasteiger partial charge in [-0.15, -0.1) is 0 Å². The molecule has 3 heterocycles. The van der Waals surface area contributed by atoms with Crippen LogP contribution in [0.4, 0.5) is 36.4 Å². The predicted octanol–water partition coefficient (Wildman–Crippen LogP) is 4.01. The Hall–Kier alpha value is -4.34. The fraction of sp³-hybridized carbons (Fsp3) is 0.320. The maximum Gasteiger partial charge on any atom is 0.423 e. The van der Waals surface area contributed by atoms with E-state index in [4.69, 9.17) is 5.11 Å². The number of pyridine rings is 1. The standard InChI is InChI=1S/C25H21F7N6O3/c1-12(36-19-9-35-37-22(40)20(19)25(30,31)32)4-15(26)10-38-3-2-13-5-17(18(27)6-16(13)23(38)41)21-33-7-14(8-34-21)24(28,29)11-39/h2-3,5-9,12,15,39H,4,10-11H2,1H3,(H2,36,37,40)/t12-,15-/m1/s1. The quantitative estimate of drug-likeness (QED) is 0.253. The molecule has 4 rings (SSSR count). The minimum Gasteiger partial charge on any atom is -0.390 e. The second kappa shape index (κ2) is 11.3. The van der Waals surface area contributed by atoms with E-state index in [0.717, 1.165) is 29.2 Å². The number of benzene rings is 1. The monoisotopic (exact) mass is 586 g/mol. The molecule has 218 valence electrons. The molecule has 0 unspecified atom stereocenters. The van der Waals surface area contributed by atoms with Crippen molar-refractivity contribution in [3.8, 4) is 11.4 Å². The van der Waals surface area contributed by atoms with E-state index in [2.05, 4.69) is 20.4 Å². The molecule has 3 N–H and O–H groups in total. The van der Waals surface area contributed by atoms with Gasteiger partial charge in [-0.1, -0.05) is 0 Å². The number of hydrogen-bond acceptors (Lipinski definition) is 7. The zero-order valence-electron chi connectivity index (χ0n) is 21.0. The van der Waals surface area contributed by atoms with Crippen molar-refractivity contribution in [3.63, 3.8) is 0 Å². The number of aliphatic hydroxyl groups is 1. The summed E-state index contributed by atoms with van der Waals surface area (Å²) in [5.74, 6) is -4.78. The maximum absolute atomic E-state index is 14.9. The van der Waals surface area contributed by atoms with Crippen LogP contribution in [0.1, 0.15) is 24.5 Å². The summed E-state index contributed by atoms with van der Waals surface area (Å²) >= 11 is 0. The smallest absolute Gasteiger partial charge is 0.390 e. The first-order valence-corrected chi connectivity index (χ1v) is 11.9. The minimum absolute atomic E-state index is 0.125. The van der Waals surface area contributed by atoms with Crippen LogP contribution in [0.15, 0.2) is 52.6 Å². The second-order valence-electron chi connectivity index (χ2n) is 9.21. The number of rotatable bonds is 9. The van der Waals surface area contributed by atoms with E-state index in [9.17, 15) is 40.3 Å². The van der Waals surface area contributed by atoms with Gasteiger partial charge in [-0.25, -0.2) is 23.8 Å². The highest BCUT2D eigenvalue weighted by atomic mass is 19.4. The largest absolute Gasteiger partial charge is 0.423 e. The van der Waals surface area contributed by atoms with E-state index in [0.29, 0.717) is 0 Å². The van der Waals surface area contributed by atoms with Crippen LogP contribution in [0.5, 0.6) is 0 Å².